The van der Waals surface area contributed by atoms with E-state index >= 15 is 0 Å². The maximum atomic E-state index is 12.4. The number of likely N-dealkylation sites (tertiary alicyclic amines) is 1. The molecule has 24 heavy (non-hydrogen) atoms. The maximum Gasteiger partial charge on any atom is 0.239 e. The molecule has 0 radical (unpaired) electrons. The fourth-order valence-corrected chi connectivity index (χ4v) is 3.25. The predicted octanol–water partition coefficient (Wildman–Crippen LogP) is 1.41. The van der Waals surface area contributed by atoms with Gasteiger partial charge >= 0.3 is 0 Å². The highest BCUT2D eigenvalue weighted by atomic mass is 16.2. The first kappa shape index (κ1) is 16.6. The van der Waals surface area contributed by atoms with Crippen molar-refractivity contribution < 1.29 is 4.79 Å². The Kier molecular flexibility index (Phi) is 5.24. The molecule has 1 fully saturated rings. The second kappa shape index (κ2) is 7.57. The van der Waals surface area contributed by atoms with Crippen LogP contribution in [0, 0.1) is 5.92 Å². The Bertz CT molecular complexity index is 649. The molecule has 8 nitrogen and oxygen atoms in total. The van der Waals surface area contributed by atoms with E-state index < -0.39 is 0 Å². The summed E-state index contributed by atoms with van der Waals surface area (Å²) in [6, 6.07) is 2.05. The van der Waals surface area contributed by atoms with Crippen LogP contribution >= 0.6 is 0 Å². The van der Waals surface area contributed by atoms with Crippen LogP contribution in [-0.2, 0) is 11.3 Å². The zero-order valence-electron chi connectivity index (χ0n) is 14.3. The summed E-state index contributed by atoms with van der Waals surface area (Å²) in [5.41, 5.74) is 0. The van der Waals surface area contributed by atoms with Gasteiger partial charge in [0.25, 0.3) is 0 Å². The summed E-state index contributed by atoms with van der Waals surface area (Å²) in [6.07, 6.45) is 7.30. The lowest BCUT2D eigenvalue weighted by Gasteiger charge is -2.32. The Morgan fingerprint density at radius 1 is 1.42 bits per heavy atom. The molecule has 1 saturated heterocycles. The molecule has 3 heterocycles. The Hall–Kier alpha value is -2.22. The van der Waals surface area contributed by atoms with Crippen molar-refractivity contribution in [3.63, 3.8) is 0 Å². The molecule has 0 aliphatic carbocycles. The van der Waals surface area contributed by atoms with Crippen LogP contribution in [0.4, 0.5) is 5.82 Å². The van der Waals surface area contributed by atoms with Gasteiger partial charge in [-0.1, -0.05) is 0 Å². The number of anilines is 1. The van der Waals surface area contributed by atoms with Crippen LogP contribution in [0.2, 0.25) is 0 Å². The van der Waals surface area contributed by atoms with Crippen molar-refractivity contribution in [2.24, 2.45) is 5.92 Å². The van der Waals surface area contributed by atoms with E-state index in [1.165, 1.54) is 0 Å². The van der Waals surface area contributed by atoms with Gasteiger partial charge in [0, 0.05) is 25.2 Å². The number of aromatic nitrogens is 5. The number of amides is 1. The molecule has 0 spiro atoms. The smallest absolute Gasteiger partial charge is 0.239 e. The van der Waals surface area contributed by atoms with E-state index in [1.807, 2.05) is 29.3 Å². The van der Waals surface area contributed by atoms with Gasteiger partial charge in [-0.15, -0.1) is 0 Å². The van der Waals surface area contributed by atoms with Crippen molar-refractivity contribution in [1.29, 1.82) is 0 Å². The van der Waals surface area contributed by atoms with Crippen LogP contribution in [0.3, 0.4) is 0 Å². The molecular weight excluding hydrogens is 306 g/mol. The van der Waals surface area contributed by atoms with Crippen LogP contribution in [0.1, 0.15) is 32.7 Å². The third-order valence-electron chi connectivity index (χ3n) is 4.31. The SMILES string of the molecule is CC(C)n1nccc1NC(=O)CN1CCC[C@H](Cn2cncn2)C1. The molecular formula is C16H25N7O. The van der Waals surface area contributed by atoms with Gasteiger partial charge in [0.15, 0.2) is 0 Å². The lowest BCUT2D eigenvalue weighted by molar-refractivity contribution is -0.117. The van der Waals surface area contributed by atoms with E-state index in [0.717, 1.165) is 38.3 Å². The van der Waals surface area contributed by atoms with Crippen molar-refractivity contribution in [3.8, 4) is 0 Å². The van der Waals surface area contributed by atoms with E-state index in [4.69, 9.17) is 0 Å². The number of nitrogens with zero attached hydrogens (tertiary/aromatic N) is 6. The summed E-state index contributed by atoms with van der Waals surface area (Å²) in [4.78, 5) is 18.6. The number of carbonyl (C=O) groups excluding carboxylic acids is 1. The zero-order chi connectivity index (χ0) is 16.9. The van der Waals surface area contributed by atoms with E-state index in [-0.39, 0.29) is 11.9 Å². The number of hydrogen-bond donors (Lipinski definition) is 1. The summed E-state index contributed by atoms with van der Waals surface area (Å²) in [7, 11) is 0. The second-order valence-electron chi connectivity index (χ2n) is 6.66. The molecule has 0 unspecified atom stereocenters. The Morgan fingerprint density at radius 3 is 3.04 bits per heavy atom. The summed E-state index contributed by atoms with van der Waals surface area (Å²) in [5.74, 6) is 1.28. The number of rotatable bonds is 6. The number of carbonyl (C=O) groups is 1. The second-order valence-corrected chi connectivity index (χ2v) is 6.66. The monoisotopic (exact) mass is 331 g/mol. The molecule has 1 amide bonds. The first-order chi connectivity index (χ1) is 11.6. The molecule has 3 rings (SSSR count). The van der Waals surface area contributed by atoms with Crippen molar-refractivity contribution in [3.05, 3.63) is 24.9 Å². The van der Waals surface area contributed by atoms with Crippen molar-refractivity contribution in [2.45, 2.75) is 39.3 Å². The Balaban J connectivity index is 1.51. The molecule has 1 aliphatic heterocycles. The minimum atomic E-state index is 0.0128. The van der Waals surface area contributed by atoms with E-state index in [0.29, 0.717) is 12.5 Å². The molecule has 130 valence electrons. The van der Waals surface area contributed by atoms with Crippen LogP contribution in [0.15, 0.2) is 24.9 Å². The van der Waals surface area contributed by atoms with Crippen molar-refractivity contribution in [1.82, 2.24) is 29.4 Å². The van der Waals surface area contributed by atoms with Crippen LogP contribution < -0.4 is 5.32 Å². The molecule has 1 aliphatic rings. The van der Waals surface area contributed by atoms with Crippen LogP contribution in [-0.4, -0.2) is 55.0 Å². The quantitative estimate of drug-likeness (QED) is 0.865. The first-order valence-corrected chi connectivity index (χ1v) is 8.50. The number of nitrogens with one attached hydrogen (secondary N) is 1. The molecule has 0 saturated carbocycles. The minimum Gasteiger partial charge on any atom is -0.310 e. The normalized spacial score (nSPS) is 18.9. The summed E-state index contributed by atoms with van der Waals surface area (Å²) >= 11 is 0. The van der Waals surface area contributed by atoms with Gasteiger partial charge in [-0.3, -0.25) is 14.4 Å². The molecule has 2 aromatic heterocycles. The summed E-state index contributed by atoms with van der Waals surface area (Å²) < 4.78 is 3.69. The van der Waals surface area contributed by atoms with Crippen LogP contribution in [0.5, 0.6) is 0 Å². The van der Waals surface area contributed by atoms with Crippen molar-refractivity contribution in [2.75, 3.05) is 25.0 Å². The summed E-state index contributed by atoms with van der Waals surface area (Å²) in [6.45, 7) is 7.24. The molecule has 1 atom stereocenters. The van der Waals surface area contributed by atoms with Gasteiger partial charge in [-0.25, -0.2) is 9.67 Å². The fraction of sp³-hybridized carbons (Fsp3) is 0.625. The third-order valence-corrected chi connectivity index (χ3v) is 4.31. The topological polar surface area (TPSA) is 80.9 Å². The first-order valence-electron chi connectivity index (χ1n) is 8.50. The third kappa shape index (κ3) is 4.19. The zero-order valence-corrected chi connectivity index (χ0v) is 14.3. The van der Waals surface area contributed by atoms with Crippen LogP contribution in [0.25, 0.3) is 0 Å². The molecule has 1 N–H and O–H groups in total. The average molecular weight is 331 g/mol. The minimum absolute atomic E-state index is 0.0128. The molecule has 0 aromatic carbocycles. The Labute approximate surface area is 141 Å². The Morgan fingerprint density at radius 2 is 2.29 bits per heavy atom. The highest BCUT2D eigenvalue weighted by molar-refractivity contribution is 5.91. The standard InChI is InChI=1S/C16H25N7O/c1-13(2)23-15(5-6-18-23)20-16(24)10-21-7-3-4-14(8-21)9-22-12-17-11-19-22/h5-6,11-14H,3-4,7-10H2,1-2H3,(H,20,24)/t14-/m0/s1. The highest BCUT2D eigenvalue weighted by Crippen LogP contribution is 2.18. The van der Waals surface area contributed by atoms with Gasteiger partial charge in [-0.2, -0.15) is 10.2 Å². The molecule has 8 heteroatoms. The van der Waals surface area contributed by atoms with Gasteiger partial charge in [0.2, 0.25) is 5.91 Å². The van der Waals surface area contributed by atoms with E-state index in [9.17, 15) is 4.79 Å². The summed E-state index contributed by atoms with van der Waals surface area (Å²) in [5, 5.41) is 11.4. The largest absolute Gasteiger partial charge is 0.310 e. The lowest BCUT2D eigenvalue weighted by atomic mass is 9.98. The number of piperidine rings is 1. The molecule has 0 bridgehead atoms. The predicted molar refractivity (Wildman–Crippen MR) is 90.4 cm³/mol. The lowest BCUT2D eigenvalue weighted by Crippen LogP contribution is -2.41. The van der Waals surface area contributed by atoms with Gasteiger partial charge in [0.1, 0.15) is 18.5 Å². The molecule has 2 aromatic rings. The fourth-order valence-electron chi connectivity index (χ4n) is 3.25. The van der Waals surface area contributed by atoms with E-state index in [2.05, 4.69) is 25.4 Å². The maximum absolute atomic E-state index is 12.4. The van der Waals surface area contributed by atoms with Gasteiger partial charge in [-0.05, 0) is 39.2 Å². The van der Waals surface area contributed by atoms with Crippen molar-refractivity contribution >= 4 is 11.7 Å². The average Bonchev–Trinajstić information content (AvgIpc) is 3.19. The van der Waals surface area contributed by atoms with Gasteiger partial charge in [0.05, 0.1) is 12.7 Å². The highest BCUT2D eigenvalue weighted by Gasteiger charge is 2.22. The van der Waals surface area contributed by atoms with E-state index in [1.54, 1.807) is 18.9 Å². The number of hydrogen-bond acceptors (Lipinski definition) is 5. The van der Waals surface area contributed by atoms with Gasteiger partial charge < -0.3 is 5.32 Å².